The van der Waals surface area contributed by atoms with Crippen molar-refractivity contribution in [2.75, 3.05) is 38.0 Å². The number of aryl methyl sites for hydroxylation is 4. The molecule has 0 saturated heterocycles. The van der Waals surface area contributed by atoms with Gasteiger partial charge < -0.3 is 9.80 Å². The number of hydrogen-bond donors (Lipinski definition) is 0. The van der Waals surface area contributed by atoms with Gasteiger partial charge in [-0.3, -0.25) is 0 Å². The van der Waals surface area contributed by atoms with Gasteiger partial charge in [0.25, 0.3) is 0 Å². The monoisotopic (exact) mass is 395 g/mol. The molecule has 28 heavy (non-hydrogen) atoms. The molecule has 0 heterocycles. The van der Waals surface area contributed by atoms with Crippen LogP contribution in [0.25, 0.3) is 0 Å². The van der Waals surface area contributed by atoms with E-state index >= 15 is 0 Å². The van der Waals surface area contributed by atoms with Crippen LogP contribution in [0.3, 0.4) is 0 Å². The van der Waals surface area contributed by atoms with Crippen LogP contribution in [-0.4, -0.2) is 36.6 Å². The predicted octanol–water partition coefficient (Wildman–Crippen LogP) is 4.32. The zero-order valence-corrected chi connectivity index (χ0v) is 20.1. The highest BCUT2D eigenvalue weighted by Gasteiger charge is 2.14. The van der Waals surface area contributed by atoms with Gasteiger partial charge in [-0.2, -0.15) is 0 Å². The molecule has 3 radical (unpaired) electrons. The normalized spacial score (nSPS) is 10.6. The Morgan fingerprint density at radius 2 is 0.821 bits per heavy atom. The molecule has 0 aromatic heterocycles. The van der Waals surface area contributed by atoms with E-state index in [1.807, 2.05) is 0 Å². The molecule has 0 fully saturated rings. The molecule has 0 N–H and O–H groups in total. The van der Waals surface area contributed by atoms with Gasteiger partial charge in [0.2, 0.25) is 0 Å². The summed E-state index contributed by atoms with van der Waals surface area (Å²) in [6.07, 6.45) is 4.33. The van der Waals surface area contributed by atoms with E-state index in [1.54, 1.807) is 0 Å². The van der Waals surface area contributed by atoms with E-state index in [1.165, 1.54) is 44.2 Å². The minimum absolute atomic E-state index is 0. The fourth-order valence-corrected chi connectivity index (χ4v) is 5.38. The summed E-state index contributed by atoms with van der Waals surface area (Å²) in [6.45, 7) is 9.08. The Kier molecular flexibility index (Phi) is 9.57. The predicted molar refractivity (Wildman–Crippen MR) is 132 cm³/mol. The van der Waals surface area contributed by atoms with Crippen LogP contribution in [0.15, 0.2) is 24.3 Å². The van der Waals surface area contributed by atoms with Crippen molar-refractivity contribution >= 4 is 39.0 Å². The van der Waals surface area contributed by atoms with Gasteiger partial charge in [0.15, 0.2) is 0 Å². The molecule has 2 rings (SSSR count). The Hall–Kier alpha value is -1.47. The van der Waals surface area contributed by atoms with E-state index in [2.05, 4.69) is 90.0 Å². The zero-order chi connectivity index (χ0) is 20.1. The quantitative estimate of drug-likeness (QED) is 0.485. The third-order valence-electron chi connectivity index (χ3n) is 5.24. The Bertz CT molecular complexity index is 669. The van der Waals surface area contributed by atoms with Crippen molar-refractivity contribution in [3.63, 3.8) is 0 Å². The van der Waals surface area contributed by atoms with Crippen molar-refractivity contribution in [1.29, 1.82) is 0 Å². The highest BCUT2D eigenvalue weighted by molar-refractivity contribution is 7.55. The van der Waals surface area contributed by atoms with Gasteiger partial charge in [-0.15, -0.1) is 0 Å². The average molecular weight is 395 g/mol. The van der Waals surface area contributed by atoms with Crippen molar-refractivity contribution in [2.45, 2.75) is 53.4 Å². The minimum atomic E-state index is 0. The van der Waals surface area contributed by atoms with E-state index in [0.717, 1.165) is 34.3 Å². The summed E-state index contributed by atoms with van der Waals surface area (Å²) < 4.78 is 0. The van der Waals surface area contributed by atoms with Crippen molar-refractivity contribution < 1.29 is 0 Å². The molecular formula is C24H37BN2P. The van der Waals surface area contributed by atoms with Crippen LogP contribution >= 0.6 is 8.58 Å². The minimum Gasteiger partial charge on any atom is -0.377 e. The van der Waals surface area contributed by atoms with Gasteiger partial charge in [-0.05, 0) is 82.8 Å². The fraction of sp³-hybridized carbons (Fsp3) is 0.500. The summed E-state index contributed by atoms with van der Waals surface area (Å²) in [5.41, 5.74) is 8.72. The van der Waals surface area contributed by atoms with Crippen LogP contribution < -0.4 is 20.4 Å². The molecule has 2 nitrogen and oxygen atoms in total. The van der Waals surface area contributed by atoms with Crippen molar-refractivity contribution in [3.8, 4) is 0 Å². The second kappa shape index (κ2) is 10.9. The van der Waals surface area contributed by atoms with E-state index in [9.17, 15) is 0 Å². The summed E-state index contributed by atoms with van der Waals surface area (Å²) in [4.78, 5) is 4.56. The summed E-state index contributed by atoms with van der Waals surface area (Å²) in [7, 11) is 9.37. The number of hydrogen-bond acceptors (Lipinski definition) is 2. The lowest BCUT2D eigenvalue weighted by molar-refractivity contribution is 1.02. The Balaban J connectivity index is 0.00000392. The van der Waals surface area contributed by atoms with Gasteiger partial charge in [-0.25, -0.2) is 0 Å². The molecule has 0 amide bonds. The van der Waals surface area contributed by atoms with Crippen LogP contribution in [0.5, 0.6) is 0 Å². The van der Waals surface area contributed by atoms with Gasteiger partial charge in [0.1, 0.15) is 0 Å². The third-order valence-corrected chi connectivity index (χ3v) is 6.40. The molecule has 2 aromatic carbocycles. The van der Waals surface area contributed by atoms with E-state index in [0.29, 0.717) is 0 Å². The van der Waals surface area contributed by atoms with Crippen LogP contribution in [0.2, 0.25) is 0 Å². The standard InChI is InChI=1S/C24H37N2P.B/c1-9-17-13-21(14-18(10-2)23(17)25(5)6)27-22-15-19(11-3)24(26(7)8)20(12-4)16-22;/h13-16,27H,9-12H2,1-8H3;. The third kappa shape index (κ3) is 5.32. The first-order chi connectivity index (χ1) is 12.9. The van der Waals surface area contributed by atoms with Gasteiger partial charge in [0, 0.05) is 48.0 Å². The zero-order valence-electron chi connectivity index (χ0n) is 19.1. The molecule has 4 heteroatoms. The lowest BCUT2D eigenvalue weighted by Gasteiger charge is -2.24. The lowest BCUT2D eigenvalue weighted by Crippen LogP contribution is -2.18. The highest BCUT2D eigenvalue weighted by atomic mass is 31.1. The summed E-state index contributed by atoms with van der Waals surface area (Å²) in [5, 5.41) is 2.94. The van der Waals surface area contributed by atoms with E-state index in [-0.39, 0.29) is 8.41 Å². The summed E-state index contributed by atoms with van der Waals surface area (Å²) in [6, 6.07) is 9.74. The van der Waals surface area contributed by atoms with Crippen LogP contribution in [0.1, 0.15) is 49.9 Å². The summed E-state index contributed by atoms with van der Waals surface area (Å²) >= 11 is 0. The molecule has 0 saturated carbocycles. The number of benzene rings is 2. The number of nitrogens with zero attached hydrogens (tertiary/aromatic N) is 2. The van der Waals surface area contributed by atoms with Gasteiger partial charge in [0.05, 0.1) is 0 Å². The van der Waals surface area contributed by atoms with Crippen molar-refractivity contribution in [1.82, 2.24) is 0 Å². The SMILES string of the molecule is CCc1cc(Pc2cc(CC)c(N(C)C)c(CC)c2)cc(CC)c1N(C)C.[B]. The largest absolute Gasteiger partial charge is 0.377 e. The molecule has 0 aliphatic heterocycles. The number of anilines is 2. The molecular weight excluding hydrogens is 358 g/mol. The maximum Gasteiger partial charge on any atom is 0.0426 e. The average Bonchev–Trinajstić information content (AvgIpc) is 2.65. The first kappa shape index (κ1) is 24.6. The topological polar surface area (TPSA) is 6.48 Å². The first-order valence-corrected chi connectivity index (χ1v) is 11.3. The first-order valence-electron chi connectivity index (χ1n) is 10.3. The van der Waals surface area contributed by atoms with Crippen LogP contribution in [-0.2, 0) is 25.7 Å². The molecule has 0 unspecified atom stereocenters. The Morgan fingerprint density at radius 1 is 0.571 bits per heavy atom. The molecule has 0 bridgehead atoms. The van der Waals surface area contributed by atoms with Crippen LogP contribution in [0, 0.1) is 0 Å². The molecule has 0 aliphatic carbocycles. The second-order valence-corrected chi connectivity index (χ2v) is 9.02. The maximum atomic E-state index is 2.43. The second-order valence-electron chi connectivity index (χ2n) is 7.61. The van der Waals surface area contributed by atoms with Crippen LogP contribution in [0.4, 0.5) is 11.4 Å². The maximum absolute atomic E-state index is 2.43. The van der Waals surface area contributed by atoms with Crippen molar-refractivity contribution in [3.05, 3.63) is 46.5 Å². The Labute approximate surface area is 177 Å². The molecule has 2 aromatic rings. The van der Waals surface area contributed by atoms with Gasteiger partial charge >= 0.3 is 0 Å². The summed E-state index contributed by atoms with van der Waals surface area (Å²) in [5.74, 6) is 0. The molecule has 0 atom stereocenters. The van der Waals surface area contributed by atoms with Crippen molar-refractivity contribution in [2.24, 2.45) is 0 Å². The van der Waals surface area contributed by atoms with Gasteiger partial charge in [-0.1, -0.05) is 36.3 Å². The lowest BCUT2D eigenvalue weighted by atomic mass is 10.0. The highest BCUT2D eigenvalue weighted by Crippen LogP contribution is 2.29. The molecule has 0 spiro atoms. The Morgan fingerprint density at radius 3 is 1.00 bits per heavy atom. The van der Waals surface area contributed by atoms with E-state index in [4.69, 9.17) is 0 Å². The molecule has 0 aliphatic rings. The fourth-order valence-electron chi connectivity index (χ4n) is 4.06. The molecule has 151 valence electrons. The number of rotatable bonds is 8. The smallest absolute Gasteiger partial charge is 0.0426 e. The van der Waals surface area contributed by atoms with E-state index < -0.39 is 0 Å².